The Morgan fingerprint density at radius 1 is 1.00 bits per heavy atom. The van der Waals surface area contributed by atoms with E-state index in [0.29, 0.717) is 26.2 Å². The Kier molecular flexibility index (Phi) is 7.18. The summed E-state index contributed by atoms with van der Waals surface area (Å²) in [6.45, 7) is 2.38. The van der Waals surface area contributed by atoms with Gasteiger partial charge in [-0.3, -0.25) is 0 Å². The van der Waals surface area contributed by atoms with Crippen molar-refractivity contribution in [3.63, 3.8) is 0 Å². The lowest BCUT2D eigenvalue weighted by atomic mass is 10.1. The third-order valence-corrected chi connectivity index (χ3v) is 4.88. The van der Waals surface area contributed by atoms with E-state index in [1.807, 2.05) is 48.2 Å². The zero-order chi connectivity index (χ0) is 20.0. The molecule has 27 heavy (non-hydrogen) atoms. The molecule has 0 unspecified atom stereocenters. The third-order valence-electron chi connectivity index (χ3n) is 4.39. The fourth-order valence-corrected chi connectivity index (χ4v) is 3.11. The first-order valence-corrected chi connectivity index (χ1v) is 8.97. The van der Waals surface area contributed by atoms with Gasteiger partial charge in [-0.2, -0.15) is 0 Å². The summed E-state index contributed by atoms with van der Waals surface area (Å²) in [7, 11) is 6.54. The van der Waals surface area contributed by atoms with Crippen LogP contribution in [0.5, 0.6) is 0 Å². The number of benzene rings is 1. The Morgan fingerprint density at radius 2 is 1.56 bits per heavy atom. The summed E-state index contributed by atoms with van der Waals surface area (Å²) in [4.78, 5) is 30.3. The normalized spacial score (nSPS) is 14.6. The molecule has 1 heterocycles. The summed E-state index contributed by atoms with van der Waals surface area (Å²) in [6, 6.07) is 8.10. The van der Waals surface area contributed by atoms with E-state index in [1.54, 1.807) is 0 Å². The van der Waals surface area contributed by atoms with Crippen molar-refractivity contribution >= 4 is 34.8 Å². The van der Waals surface area contributed by atoms with Crippen molar-refractivity contribution in [2.45, 2.75) is 0 Å². The van der Waals surface area contributed by atoms with Crippen molar-refractivity contribution < 1.29 is 19.1 Å². The number of thiocarbonyl (C=S) groups is 1. The van der Waals surface area contributed by atoms with Crippen molar-refractivity contribution in [3.05, 3.63) is 41.6 Å². The summed E-state index contributed by atoms with van der Waals surface area (Å²) in [5, 5.41) is 0. The van der Waals surface area contributed by atoms with E-state index in [0.717, 1.165) is 16.2 Å². The molecule has 0 amide bonds. The molecule has 2 rings (SSSR count). The maximum absolute atomic E-state index is 12.0. The van der Waals surface area contributed by atoms with Gasteiger partial charge in [0.05, 0.1) is 20.3 Å². The number of hydrogen-bond acceptors (Lipinski definition) is 7. The highest BCUT2D eigenvalue weighted by Crippen LogP contribution is 2.17. The molecule has 1 saturated heterocycles. The van der Waals surface area contributed by atoms with E-state index in [1.165, 1.54) is 20.3 Å². The number of nitrogens with zero attached hydrogens (tertiary/aromatic N) is 3. The highest BCUT2D eigenvalue weighted by molar-refractivity contribution is 7.80. The first kappa shape index (κ1) is 20.7. The molecule has 1 aromatic rings. The highest BCUT2D eigenvalue weighted by Gasteiger charge is 2.26. The molecule has 0 bridgehead atoms. The predicted molar refractivity (Wildman–Crippen MR) is 108 cm³/mol. The van der Waals surface area contributed by atoms with E-state index in [9.17, 15) is 9.59 Å². The molecule has 1 aliphatic rings. The molecular formula is C19H25N3O4S. The summed E-state index contributed by atoms with van der Waals surface area (Å²) in [5.74, 6) is -1.15. The number of rotatable bonds is 5. The van der Waals surface area contributed by atoms with Crippen molar-refractivity contribution in [3.8, 4) is 0 Å². The Labute approximate surface area is 165 Å². The Morgan fingerprint density at radius 3 is 2.04 bits per heavy atom. The average Bonchev–Trinajstić information content (AvgIpc) is 2.70. The highest BCUT2D eigenvalue weighted by atomic mass is 32.1. The number of esters is 2. The minimum absolute atomic E-state index is 0.199. The van der Waals surface area contributed by atoms with Crippen LogP contribution in [0.15, 0.2) is 36.0 Å². The molecule has 0 saturated carbocycles. The largest absolute Gasteiger partial charge is 0.466 e. The van der Waals surface area contributed by atoms with Gasteiger partial charge in [-0.05, 0) is 24.3 Å². The monoisotopic (exact) mass is 391 g/mol. The van der Waals surface area contributed by atoms with E-state index >= 15 is 0 Å². The number of methoxy groups -OCH3 is 2. The lowest BCUT2D eigenvalue weighted by Crippen LogP contribution is -2.49. The molecule has 1 fully saturated rings. The summed E-state index contributed by atoms with van der Waals surface area (Å²) in [6.07, 6.45) is 1.17. The second-order valence-electron chi connectivity index (χ2n) is 6.26. The summed E-state index contributed by atoms with van der Waals surface area (Å²) < 4.78 is 9.41. The average molecular weight is 391 g/mol. The van der Waals surface area contributed by atoms with E-state index in [2.05, 4.69) is 9.64 Å². The molecule has 0 atom stereocenters. The van der Waals surface area contributed by atoms with Crippen LogP contribution >= 0.6 is 12.2 Å². The first-order chi connectivity index (χ1) is 12.9. The van der Waals surface area contributed by atoms with E-state index in [-0.39, 0.29) is 5.70 Å². The van der Waals surface area contributed by atoms with Gasteiger partial charge in [-0.25, -0.2) is 9.59 Å². The first-order valence-electron chi connectivity index (χ1n) is 8.57. The lowest BCUT2D eigenvalue weighted by Gasteiger charge is -2.37. The van der Waals surface area contributed by atoms with Crippen LogP contribution in [-0.2, 0) is 19.1 Å². The van der Waals surface area contributed by atoms with Gasteiger partial charge in [0.1, 0.15) is 10.7 Å². The zero-order valence-electron chi connectivity index (χ0n) is 16.1. The lowest BCUT2D eigenvalue weighted by molar-refractivity contribution is -0.140. The van der Waals surface area contributed by atoms with Gasteiger partial charge in [-0.15, -0.1) is 0 Å². The second-order valence-corrected chi connectivity index (χ2v) is 6.65. The van der Waals surface area contributed by atoms with Crippen LogP contribution in [-0.4, -0.2) is 81.2 Å². The number of ether oxygens (including phenoxy) is 2. The molecule has 1 aromatic carbocycles. The standard InChI is InChI=1S/C19H25N3O4S/c1-20(2)15-7-5-14(6-8-15)18(27)22-11-9-21(10-12-22)16(19(24)26-4)13-17(23)25-3/h5-8,13H,9-12H2,1-4H3. The van der Waals surface area contributed by atoms with E-state index < -0.39 is 11.9 Å². The van der Waals surface area contributed by atoms with Crippen LogP contribution in [0.3, 0.4) is 0 Å². The fourth-order valence-electron chi connectivity index (χ4n) is 2.79. The molecule has 1 aliphatic heterocycles. The second kappa shape index (κ2) is 9.36. The van der Waals surface area contributed by atoms with Gasteiger partial charge in [-0.1, -0.05) is 12.2 Å². The maximum Gasteiger partial charge on any atom is 0.354 e. The van der Waals surface area contributed by atoms with Gasteiger partial charge in [0.25, 0.3) is 0 Å². The SMILES string of the molecule is COC(=O)C=C(C(=O)OC)N1CCN(C(=S)c2ccc(N(C)C)cc2)CC1. The fraction of sp³-hybridized carbons (Fsp3) is 0.421. The van der Waals surface area contributed by atoms with Crippen molar-refractivity contribution in [2.75, 3.05) is 59.4 Å². The van der Waals surface area contributed by atoms with Crippen LogP contribution < -0.4 is 4.90 Å². The van der Waals surface area contributed by atoms with Gasteiger partial charge in [0.2, 0.25) is 0 Å². The molecular weight excluding hydrogens is 366 g/mol. The Bertz CT molecular complexity index is 723. The quantitative estimate of drug-likeness (QED) is 0.423. The predicted octanol–water partition coefficient (Wildman–Crippen LogP) is 1.28. The number of carbonyl (C=O) groups excluding carboxylic acids is 2. The van der Waals surface area contributed by atoms with Crippen LogP contribution in [0.4, 0.5) is 5.69 Å². The molecule has 146 valence electrons. The summed E-state index contributed by atoms with van der Waals surface area (Å²) in [5.41, 5.74) is 2.30. The van der Waals surface area contributed by atoms with Crippen LogP contribution in [0, 0.1) is 0 Å². The molecule has 0 spiro atoms. The number of carbonyl (C=O) groups is 2. The van der Waals surface area contributed by atoms with Crippen molar-refractivity contribution in [1.82, 2.24) is 9.80 Å². The molecule has 7 nitrogen and oxygen atoms in total. The smallest absolute Gasteiger partial charge is 0.354 e. The topological polar surface area (TPSA) is 62.3 Å². The molecule has 0 aromatic heterocycles. The van der Waals surface area contributed by atoms with Crippen LogP contribution in [0.25, 0.3) is 0 Å². The van der Waals surface area contributed by atoms with Gasteiger partial charge < -0.3 is 24.2 Å². The van der Waals surface area contributed by atoms with Crippen LogP contribution in [0.2, 0.25) is 0 Å². The minimum atomic E-state index is -0.589. The number of hydrogen-bond donors (Lipinski definition) is 0. The number of anilines is 1. The third kappa shape index (κ3) is 5.19. The Balaban J connectivity index is 2.04. The Hall–Kier alpha value is -2.61. The van der Waals surface area contributed by atoms with Crippen LogP contribution in [0.1, 0.15) is 5.56 Å². The molecule has 0 aliphatic carbocycles. The maximum atomic E-state index is 12.0. The van der Waals surface area contributed by atoms with Gasteiger partial charge >= 0.3 is 11.9 Å². The molecule has 0 N–H and O–H groups in total. The number of piperazine rings is 1. The van der Waals surface area contributed by atoms with Gasteiger partial charge in [0, 0.05) is 51.5 Å². The van der Waals surface area contributed by atoms with Gasteiger partial charge in [0.15, 0.2) is 0 Å². The zero-order valence-corrected chi connectivity index (χ0v) is 16.9. The van der Waals surface area contributed by atoms with E-state index in [4.69, 9.17) is 17.0 Å². The summed E-state index contributed by atoms with van der Waals surface area (Å²) >= 11 is 5.63. The van der Waals surface area contributed by atoms with Crippen molar-refractivity contribution in [1.29, 1.82) is 0 Å². The minimum Gasteiger partial charge on any atom is -0.466 e. The molecule has 0 radical (unpaired) electrons. The molecule has 8 heteroatoms. The van der Waals surface area contributed by atoms with Crippen molar-refractivity contribution in [2.24, 2.45) is 0 Å².